The van der Waals surface area contributed by atoms with Gasteiger partial charge in [-0.2, -0.15) is 0 Å². The second kappa shape index (κ2) is 11.3. The van der Waals surface area contributed by atoms with E-state index in [9.17, 15) is 14.4 Å². The average molecular weight is 550 g/mol. The zero-order chi connectivity index (χ0) is 27.7. The number of ether oxygens (including phenoxy) is 3. The molecule has 0 aromatic heterocycles. The molecule has 2 aromatic rings. The fourth-order valence-corrected chi connectivity index (χ4v) is 6.14. The molecule has 8 heteroatoms. The first-order valence-electron chi connectivity index (χ1n) is 13.3. The summed E-state index contributed by atoms with van der Waals surface area (Å²) in [5.41, 5.74) is 3.52. The van der Waals surface area contributed by atoms with E-state index in [-0.39, 0.29) is 23.6 Å². The number of esters is 2. The minimum absolute atomic E-state index is 0.0302. The Labute approximate surface area is 233 Å². The van der Waals surface area contributed by atoms with Gasteiger partial charge in [0.1, 0.15) is 12.0 Å². The number of rotatable bonds is 6. The van der Waals surface area contributed by atoms with E-state index < -0.39 is 23.8 Å². The highest BCUT2D eigenvalue weighted by atomic mass is 35.5. The monoisotopic (exact) mass is 549 g/mol. The number of carbonyl (C=O) groups is 3. The van der Waals surface area contributed by atoms with Gasteiger partial charge in [-0.15, -0.1) is 0 Å². The molecule has 1 fully saturated rings. The third kappa shape index (κ3) is 5.59. The van der Waals surface area contributed by atoms with Gasteiger partial charge >= 0.3 is 11.9 Å². The van der Waals surface area contributed by atoms with Crippen LogP contribution in [0.2, 0.25) is 5.02 Å². The topological polar surface area (TPSA) is 90.9 Å². The normalized spacial score (nSPS) is 23.2. The van der Waals surface area contributed by atoms with E-state index in [1.165, 1.54) is 14.0 Å². The lowest BCUT2D eigenvalue weighted by Gasteiger charge is -2.40. The largest absolute Gasteiger partial charge is 0.493 e. The van der Waals surface area contributed by atoms with Crippen molar-refractivity contribution in [3.63, 3.8) is 0 Å². The van der Waals surface area contributed by atoms with Crippen LogP contribution in [0.3, 0.4) is 0 Å². The fraction of sp³-hybridized carbons (Fsp3) is 0.387. The summed E-state index contributed by atoms with van der Waals surface area (Å²) in [7, 11) is 1.48. The molecule has 2 aromatic carbocycles. The highest BCUT2D eigenvalue weighted by Crippen LogP contribution is 2.48. The molecule has 1 heterocycles. The lowest BCUT2D eigenvalue weighted by molar-refractivity contribution is -0.153. The van der Waals surface area contributed by atoms with Crippen molar-refractivity contribution in [2.75, 3.05) is 7.11 Å². The van der Waals surface area contributed by atoms with Gasteiger partial charge in [0.15, 0.2) is 17.3 Å². The molecule has 0 amide bonds. The van der Waals surface area contributed by atoms with E-state index in [2.05, 4.69) is 11.9 Å². The van der Waals surface area contributed by atoms with E-state index in [0.29, 0.717) is 40.4 Å². The molecule has 0 radical (unpaired) electrons. The summed E-state index contributed by atoms with van der Waals surface area (Å²) in [5, 5.41) is 3.96. The van der Waals surface area contributed by atoms with E-state index in [4.69, 9.17) is 25.8 Å². The molecule has 204 valence electrons. The molecule has 3 aliphatic rings. The highest BCUT2D eigenvalue weighted by Gasteiger charge is 2.46. The van der Waals surface area contributed by atoms with Gasteiger partial charge in [-0.1, -0.05) is 36.4 Å². The van der Waals surface area contributed by atoms with Gasteiger partial charge in [-0.25, -0.2) is 0 Å². The van der Waals surface area contributed by atoms with Crippen LogP contribution in [0.15, 0.2) is 66.0 Å². The van der Waals surface area contributed by atoms with Crippen LogP contribution in [0.25, 0.3) is 0 Å². The summed E-state index contributed by atoms with van der Waals surface area (Å²) >= 11 is 6.08. The summed E-state index contributed by atoms with van der Waals surface area (Å²) in [6.45, 7) is 5.53. The minimum Gasteiger partial charge on any atom is -0.493 e. The summed E-state index contributed by atoms with van der Waals surface area (Å²) in [4.78, 5) is 39.1. The number of benzene rings is 2. The van der Waals surface area contributed by atoms with Crippen molar-refractivity contribution in [1.82, 2.24) is 5.32 Å². The molecule has 3 unspecified atom stereocenters. The Morgan fingerprint density at radius 1 is 1.00 bits per heavy atom. The number of hydrogen-bond donors (Lipinski definition) is 1. The number of ketones is 1. The molecule has 0 spiro atoms. The predicted octanol–water partition coefficient (Wildman–Crippen LogP) is 5.98. The van der Waals surface area contributed by atoms with Gasteiger partial charge in [-0.3, -0.25) is 14.4 Å². The Kier molecular flexibility index (Phi) is 7.80. The lowest BCUT2D eigenvalue weighted by atomic mass is 9.69. The van der Waals surface area contributed by atoms with Crippen molar-refractivity contribution in [2.45, 2.75) is 63.4 Å². The maximum absolute atomic E-state index is 13.8. The van der Waals surface area contributed by atoms with Crippen LogP contribution in [-0.2, 0) is 19.1 Å². The maximum Gasteiger partial charge on any atom is 0.316 e. The second-order valence-electron chi connectivity index (χ2n) is 10.4. The van der Waals surface area contributed by atoms with Crippen LogP contribution >= 0.6 is 11.6 Å². The SMILES string of the molecule is C=C1NC2=C(C(=O)CC(c3ccc(Cl)cc3)C2)C(c2ccc(OC(C)=O)c(OC)c2)C1C(=O)OC1CCCC1. The third-order valence-electron chi connectivity index (χ3n) is 7.82. The predicted molar refractivity (Wildman–Crippen MR) is 147 cm³/mol. The van der Waals surface area contributed by atoms with E-state index in [1.807, 2.05) is 24.3 Å². The Morgan fingerprint density at radius 3 is 2.36 bits per heavy atom. The standard InChI is InChI=1S/C31H32ClNO6/c1-17-28(31(36)39-23-6-4-5-7-23)29(20-10-13-26(38-18(2)34)27(16-20)37-3)30-24(33-17)14-21(15-25(30)35)19-8-11-22(32)12-9-19/h8-13,16,21,23,28-29,33H,1,4-7,14-15H2,2-3H3. The van der Waals surface area contributed by atoms with Crippen molar-refractivity contribution in [3.05, 3.63) is 82.2 Å². The zero-order valence-electron chi connectivity index (χ0n) is 22.1. The number of nitrogens with one attached hydrogen (secondary N) is 1. The number of carbonyl (C=O) groups excluding carboxylic acids is 3. The number of Topliss-reactive ketones (excluding diaryl/α,β-unsaturated/α-hetero) is 1. The molecule has 5 rings (SSSR count). The van der Waals surface area contributed by atoms with E-state index >= 15 is 0 Å². The lowest BCUT2D eigenvalue weighted by Crippen LogP contribution is -2.42. The van der Waals surface area contributed by atoms with Gasteiger partial charge in [-0.05, 0) is 73.4 Å². The quantitative estimate of drug-likeness (QED) is 0.350. The molecule has 0 saturated heterocycles. The first-order valence-corrected chi connectivity index (χ1v) is 13.7. The average Bonchev–Trinajstić information content (AvgIpc) is 3.41. The van der Waals surface area contributed by atoms with Crippen molar-refractivity contribution >= 4 is 29.3 Å². The molecule has 1 saturated carbocycles. The Hall–Kier alpha value is -3.58. The van der Waals surface area contributed by atoms with Crippen LogP contribution < -0.4 is 14.8 Å². The number of hydrogen-bond acceptors (Lipinski definition) is 7. The summed E-state index contributed by atoms with van der Waals surface area (Å²) in [6.07, 6.45) is 4.50. The van der Waals surface area contributed by atoms with Crippen molar-refractivity contribution in [3.8, 4) is 11.5 Å². The first-order chi connectivity index (χ1) is 18.7. The molecule has 1 N–H and O–H groups in total. The van der Waals surface area contributed by atoms with Gasteiger partial charge < -0.3 is 19.5 Å². The second-order valence-corrected chi connectivity index (χ2v) is 10.9. The van der Waals surface area contributed by atoms with Crippen LogP contribution in [-0.4, -0.2) is 30.9 Å². The first kappa shape index (κ1) is 27.0. The summed E-state index contributed by atoms with van der Waals surface area (Å²) in [5.74, 6) is -1.77. The van der Waals surface area contributed by atoms with Crippen molar-refractivity contribution < 1.29 is 28.6 Å². The Morgan fingerprint density at radius 2 is 1.69 bits per heavy atom. The van der Waals surface area contributed by atoms with Gasteiger partial charge in [0, 0.05) is 41.3 Å². The van der Waals surface area contributed by atoms with Crippen molar-refractivity contribution in [1.29, 1.82) is 0 Å². The fourth-order valence-electron chi connectivity index (χ4n) is 6.02. The maximum atomic E-state index is 13.8. The summed E-state index contributed by atoms with van der Waals surface area (Å²) in [6, 6.07) is 12.7. The van der Waals surface area contributed by atoms with Gasteiger partial charge in [0.25, 0.3) is 0 Å². The van der Waals surface area contributed by atoms with Crippen molar-refractivity contribution in [2.24, 2.45) is 5.92 Å². The number of methoxy groups -OCH3 is 1. The molecular weight excluding hydrogens is 518 g/mol. The molecular formula is C31H32ClNO6. The highest BCUT2D eigenvalue weighted by molar-refractivity contribution is 6.30. The number of halogens is 1. The van der Waals surface area contributed by atoms with Gasteiger partial charge in [0.05, 0.1) is 7.11 Å². The molecule has 1 aliphatic heterocycles. The van der Waals surface area contributed by atoms with Gasteiger partial charge in [0.2, 0.25) is 0 Å². The van der Waals surface area contributed by atoms with Crippen LogP contribution in [0.1, 0.15) is 68.4 Å². The van der Waals surface area contributed by atoms with Crippen LogP contribution in [0.5, 0.6) is 11.5 Å². The molecule has 0 bridgehead atoms. The Bertz CT molecular complexity index is 1340. The number of allylic oxidation sites excluding steroid dienone is 2. The molecule has 39 heavy (non-hydrogen) atoms. The van der Waals surface area contributed by atoms with Crippen LogP contribution in [0.4, 0.5) is 0 Å². The van der Waals surface area contributed by atoms with E-state index in [1.54, 1.807) is 18.2 Å². The van der Waals surface area contributed by atoms with E-state index in [0.717, 1.165) is 36.9 Å². The zero-order valence-corrected chi connectivity index (χ0v) is 22.9. The molecule has 3 atom stereocenters. The summed E-state index contributed by atoms with van der Waals surface area (Å²) < 4.78 is 16.7. The van der Waals surface area contributed by atoms with Crippen LogP contribution in [0, 0.1) is 5.92 Å². The molecule has 7 nitrogen and oxygen atoms in total. The Balaban J connectivity index is 1.56. The minimum atomic E-state index is -0.801. The smallest absolute Gasteiger partial charge is 0.316 e. The third-order valence-corrected chi connectivity index (χ3v) is 8.07. The molecule has 2 aliphatic carbocycles.